The Morgan fingerprint density at radius 2 is 1.83 bits per heavy atom. The third-order valence-electron chi connectivity index (χ3n) is 2.51. The summed E-state index contributed by atoms with van der Waals surface area (Å²) in [5.74, 6) is -0.681. The first kappa shape index (κ1) is 16.7. The van der Waals surface area contributed by atoms with Gasteiger partial charge in [-0.2, -0.15) is 0 Å². The first-order valence-electron chi connectivity index (χ1n) is 6.56. The van der Waals surface area contributed by atoms with Gasteiger partial charge < -0.3 is 9.47 Å². The van der Waals surface area contributed by atoms with Gasteiger partial charge >= 0.3 is 11.9 Å². The van der Waals surface area contributed by atoms with Crippen molar-refractivity contribution in [2.24, 2.45) is 5.92 Å². The summed E-state index contributed by atoms with van der Waals surface area (Å²) in [4.78, 5) is 22.6. The molecular weight excluding hydrogens is 232 g/mol. The van der Waals surface area contributed by atoms with Crippen LogP contribution >= 0.6 is 0 Å². The molecular formula is C14H24O4. The highest BCUT2D eigenvalue weighted by molar-refractivity contribution is 5.73. The van der Waals surface area contributed by atoms with Crippen LogP contribution in [0.1, 0.15) is 52.4 Å². The number of esters is 2. The van der Waals surface area contributed by atoms with Gasteiger partial charge in [0.25, 0.3) is 0 Å². The molecule has 0 aromatic rings. The second-order valence-corrected chi connectivity index (χ2v) is 4.45. The van der Waals surface area contributed by atoms with E-state index < -0.39 is 0 Å². The van der Waals surface area contributed by atoms with Gasteiger partial charge in [-0.1, -0.05) is 39.7 Å². The van der Waals surface area contributed by atoms with Crippen LogP contribution in [0.5, 0.6) is 0 Å². The first-order valence-corrected chi connectivity index (χ1v) is 6.56. The lowest BCUT2D eigenvalue weighted by Crippen LogP contribution is -2.14. The highest BCUT2D eigenvalue weighted by Gasteiger charge is 2.14. The smallest absolute Gasteiger partial charge is 0.310 e. The van der Waals surface area contributed by atoms with Gasteiger partial charge in [0.2, 0.25) is 0 Å². The molecule has 0 aromatic carbocycles. The molecule has 0 rings (SSSR count). The molecule has 18 heavy (non-hydrogen) atoms. The van der Waals surface area contributed by atoms with Crippen LogP contribution in [0.4, 0.5) is 0 Å². The number of hydrogen-bond acceptors (Lipinski definition) is 4. The molecule has 0 aliphatic heterocycles. The number of carbonyl (C=O) groups excluding carboxylic acids is 2. The lowest BCUT2D eigenvalue weighted by molar-refractivity contribution is -0.145. The van der Waals surface area contributed by atoms with Crippen LogP contribution in [0.3, 0.4) is 0 Å². The number of carbonyl (C=O) groups is 2. The maximum Gasteiger partial charge on any atom is 0.310 e. The molecule has 1 atom stereocenters. The van der Waals surface area contributed by atoms with E-state index in [4.69, 9.17) is 4.74 Å². The summed E-state index contributed by atoms with van der Waals surface area (Å²) < 4.78 is 9.68. The molecule has 0 heterocycles. The van der Waals surface area contributed by atoms with Crippen molar-refractivity contribution in [1.29, 1.82) is 0 Å². The molecule has 0 amide bonds. The lowest BCUT2D eigenvalue weighted by atomic mass is 10.0. The van der Waals surface area contributed by atoms with Crippen LogP contribution in [-0.2, 0) is 19.1 Å². The molecule has 0 fully saturated rings. The highest BCUT2D eigenvalue weighted by atomic mass is 16.5. The second kappa shape index (κ2) is 10.8. The summed E-state index contributed by atoms with van der Waals surface area (Å²) in [6.07, 6.45) is 5.88. The van der Waals surface area contributed by atoms with Gasteiger partial charge in [-0.05, 0) is 12.3 Å². The second-order valence-electron chi connectivity index (χ2n) is 4.45. The SMILES string of the molecule is C=COC(=O)CC(C)CC(=O)OCCCCCC. The molecule has 4 heteroatoms. The van der Waals surface area contributed by atoms with Gasteiger partial charge in [0.1, 0.15) is 0 Å². The van der Waals surface area contributed by atoms with Gasteiger partial charge in [0.15, 0.2) is 0 Å². The molecule has 104 valence electrons. The zero-order chi connectivity index (χ0) is 13.8. The van der Waals surface area contributed by atoms with E-state index in [0.717, 1.165) is 25.5 Å². The number of ether oxygens (including phenoxy) is 2. The van der Waals surface area contributed by atoms with Gasteiger partial charge in [-0.15, -0.1) is 0 Å². The van der Waals surface area contributed by atoms with Crippen molar-refractivity contribution < 1.29 is 19.1 Å². The van der Waals surface area contributed by atoms with Gasteiger partial charge in [-0.25, -0.2) is 0 Å². The zero-order valence-electron chi connectivity index (χ0n) is 11.4. The molecule has 0 bridgehead atoms. The minimum atomic E-state index is -0.367. The molecule has 0 saturated carbocycles. The normalized spacial score (nSPS) is 11.7. The number of hydrogen-bond donors (Lipinski definition) is 0. The van der Waals surface area contributed by atoms with Crippen molar-refractivity contribution in [3.05, 3.63) is 12.8 Å². The number of rotatable bonds is 10. The third kappa shape index (κ3) is 9.87. The highest BCUT2D eigenvalue weighted by Crippen LogP contribution is 2.10. The fourth-order valence-electron chi connectivity index (χ4n) is 1.56. The summed E-state index contributed by atoms with van der Waals surface area (Å²) in [5, 5.41) is 0. The monoisotopic (exact) mass is 256 g/mol. The maximum absolute atomic E-state index is 11.4. The van der Waals surface area contributed by atoms with Gasteiger partial charge in [0.05, 0.1) is 12.9 Å². The third-order valence-corrected chi connectivity index (χ3v) is 2.51. The first-order chi connectivity index (χ1) is 8.60. The molecule has 0 saturated heterocycles. The quantitative estimate of drug-likeness (QED) is 0.342. The molecule has 0 aliphatic rings. The van der Waals surface area contributed by atoms with Crippen LogP contribution in [-0.4, -0.2) is 18.5 Å². The Kier molecular flexibility index (Phi) is 10.0. The maximum atomic E-state index is 11.4. The zero-order valence-corrected chi connectivity index (χ0v) is 11.4. The minimum absolute atomic E-state index is 0.0689. The Morgan fingerprint density at radius 3 is 2.44 bits per heavy atom. The van der Waals surface area contributed by atoms with Crippen molar-refractivity contribution >= 4 is 11.9 Å². The molecule has 0 aromatic heterocycles. The van der Waals surface area contributed by atoms with E-state index in [9.17, 15) is 9.59 Å². The topological polar surface area (TPSA) is 52.6 Å². The van der Waals surface area contributed by atoms with Gasteiger partial charge in [0, 0.05) is 12.8 Å². The largest absolute Gasteiger partial charge is 0.466 e. The molecule has 0 N–H and O–H groups in total. The standard InChI is InChI=1S/C14H24O4/c1-4-6-7-8-9-18-14(16)11-12(3)10-13(15)17-5-2/h5,12H,2,4,6-11H2,1,3H3. The van der Waals surface area contributed by atoms with E-state index in [1.165, 1.54) is 6.42 Å². The summed E-state index contributed by atoms with van der Waals surface area (Å²) in [7, 11) is 0. The van der Waals surface area contributed by atoms with E-state index in [-0.39, 0.29) is 30.7 Å². The summed E-state index contributed by atoms with van der Waals surface area (Å²) in [5.41, 5.74) is 0. The van der Waals surface area contributed by atoms with Crippen molar-refractivity contribution in [3.8, 4) is 0 Å². The predicted molar refractivity (Wildman–Crippen MR) is 69.8 cm³/mol. The van der Waals surface area contributed by atoms with Crippen LogP contribution < -0.4 is 0 Å². The van der Waals surface area contributed by atoms with E-state index in [0.29, 0.717) is 6.61 Å². The summed E-state index contributed by atoms with van der Waals surface area (Å²) in [6.45, 7) is 7.73. The lowest BCUT2D eigenvalue weighted by Gasteiger charge is -2.09. The van der Waals surface area contributed by atoms with Crippen molar-refractivity contribution in [3.63, 3.8) is 0 Å². The van der Waals surface area contributed by atoms with Crippen LogP contribution in [0, 0.1) is 5.92 Å². The van der Waals surface area contributed by atoms with Crippen LogP contribution in [0.15, 0.2) is 12.8 Å². The molecule has 4 nitrogen and oxygen atoms in total. The van der Waals surface area contributed by atoms with E-state index in [2.05, 4.69) is 18.2 Å². The van der Waals surface area contributed by atoms with E-state index in [1.54, 1.807) is 0 Å². The van der Waals surface area contributed by atoms with Crippen molar-refractivity contribution in [2.75, 3.05) is 6.61 Å². The molecule has 0 aliphatic carbocycles. The average Bonchev–Trinajstić information content (AvgIpc) is 2.28. The van der Waals surface area contributed by atoms with E-state index in [1.807, 2.05) is 6.92 Å². The Labute approximate surface area is 109 Å². The average molecular weight is 256 g/mol. The Morgan fingerprint density at radius 1 is 1.17 bits per heavy atom. The summed E-state index contributed by atoms with van der Waals surface area (Å²) in [6, 6.07) is 0. The van der Waals surface area contributed by atoms with Crippen LogP contribution in [0.25, 0.3) is 0 Å². The Balaban J connectivity index is 3.60. The summed E-state index contributed by atoms with van der Waals surface area (Å²) >= 11 is 0. The fourth-order valence-corrected chi connectivity index (χ4v) is 1.56. The number of unbranched alkanes of at least 4 members (excludes halogenated alkanes) is 3. The molecule has 1 unspecified atom stereocenters. The fraction of sp³-hybridized carbons (Fsp3) is 0.714. The predicted octanol–water partition coefficient (Wildman–Crippen LogP) is 3.21. The van der Waals surface area contributed by atoms with Crippen molar-refractivity contribution in [1.82, 2.24) is 0 Å². The van der Waals surface area contributed by atoms with Crippen LogP contribution in [0.2, 0.25) is 0 Å². The minimum Gasteiger partial charge on any atom is -0.466 e. The van der Waals surface area contributed by atoms with Gasteiger partial charge in [-0.3, -0.25) is 9.59 Å². The Bertz CT molecular complexity index is 261. The Hall–Kier alpha value is -1.32. The van der Waals surface area contributed by atoms with E-state index >= 15 is 0 Å². The molecule has 0 spiro atoms. The van der Waals surface area contributed by atoms with Crippen molar-refractivity contribution in [2.45, 2.75) is 52.4 Å². The molecule has 0 radical (unpaired) electrons.